The summed E-state index contributed by atoms with van der Waals surface area (Å²) in [5.41, 5.74) is 0.484. The maximum Gasteiger partial charge on any atom is 0.530 e. The van der Waals surface area contributed by atoms with Crippen LogP contribution >= 0.6 is 31.0 Å². The molecular formula is C24H35Cl2N2O7PSi2. The van der Waals surface area contributed by atoms with E-state index in [1.807, 2.05) is 0 Å². The van der Waals surface area contributed by atoms with Gasteiger partial charge < -0.3 is 9.26 Å². The monoisotopic (exact) mass is 620 g/mol. The number of nitrogens with zero attached hydrogens (tertiary/aromatic N) is 1. The van der Waals surface area contributed by atoms with Crippen LogP contribution in [0.3, 0.4) is 0 Å². The lowest BCUT2D eigenvalue weighted by molar-refractivity contribution is 0.111. The molecule has 1 amide bonds. The first-order chi connectivity index (χ1) is 17.6. The highest BCUT2D eigenvalue weighted by atomic mass is 35.5. The number of benzene rings is 1. The number of ether oxygens (including phenoxy) is 1. The largest absolute Gasteiger partial charge is 0.530 e. The summed E-state index contributed by atoms with van der Waals surface area (Å²) in [5.74, 6) is -0.0248. The molecule has 0 saturated heterocycles. The first kappa shape index (κ1) is 32.5. The average Bonchev–Trinajstić information content (AvgIpc) is 2.78. The third-order valence-electron chi connectivity index (χ3n) is 5.04. The number of aldehydes is 1. The zero-order valence-electron chi connectivity index (χ0n) is 22.5. The highest BCUT2D eigenvalue weighted by Crippen LogP contribution is 2.53. The Hall–Kier alpha value is -1.73. The summed E-state index contributed by atoms with van der Waals surface area (Å²) < 4.78 is 36.2. The second-order valence-electron chi connectivity index (χ2n) is 11.0. The first-order valence-corrected chi connectivity index (χ1v) is 21.6. The predicted molar refractivity (Wildman–Crippen MR) is 156 cm³/mol. The Kier molecular flexibility index (Phi) is 12.0. The Bertz CT molecular complexity index is 1150. The van der Waals surface area contributed by atoms with Crippen LogP contribution in [-0.4, -0.2) is 46.7 Å². The minimum atomic E-state index is -4.08. The molecule has 14 heteroatoms. The molecule has 0 radical (unpaired) electrons. The molecule has 1 aromatic carbocycles. The van der Waals surface area contributed by atoms with E-state index >= 15 is 0 Å². The van der Waals surface area contributed by atoms with E-state index in [1.54, 1.807) is 6.07 Å². The van der Waals surface area contributed by atoms with E-state index in [0.29, 0.717) is 6.29 Å². The van der Waals surface area contributed by atoms with Crippen LogP contribution in [0, 0.1) is 0 Å². The highest BCUT2D eigenvalue weighted by molar-refractivity contribution is 7.49. The standard InChI is InChI=1S/C24H35Cl2N2O7PSi2/c1-37(2,3)12-10-33-36(31,34-11-13-38(4,5)6)35-23-18(14-19(25)15-20(23)26)17-32-24(30)28-21-8-7-9-27-22(21)16-29/h7-9,14-16H,10-13,17H2,1-6H3,(H,28,30). The van der Waals surface area contributed by atoms with E-state index in [2.05, 4.69) is 49.6 Å². The van der Waals surface area contributed by atoms with Gasteiger partial charge in [0.15, 0.2) is 12.0 Å². The molecule has 0 aliphatic carbocycles. The van der Waals surface area contributed by atoms with E-state index in [0.717, 1.165) is 12.1 Å². The molecule has 2 rings (SSSR count). The fraction of sp³-hybridized carbons (Fsp3) is 0.458. The number of aromatic nitrogens is 1. The number of hydrogen-bond acceptors (Lipinski definition) is 8. The Morgan fingerprint density at radius 3 is 2.21 bits per heavy atom. The average molecular weight is 622 g/mol. The van der Waals surface area contributed by atoms with Crippen LogP contribution in [0.1, 0.15) is 16.1 Å². The van der Waals surface area contributed by atoms with E-state index < -0.39 is 30.1 Å². The van der Waals surface area contributed by atoms with Crippen molar-refractivity contribution >= 4 is 65.2 Å². The number of rotatable bonds is 14. The Morgan fingerprint density at radius 2 is 1.66 bits per heavy atom. The SMILES string of the molecule is C[Si](C)(C)CCOP(=O)(OCC[Si](C)(C)C)Oc1c(Cl)cc(Cl)cc1COC(=O)Nc1cccnc1C=O. The third-order valence-corrected chi connectivity index (χ3v) is 10.3. The molecule has 9 nitrogen and oxygen atoms in total. The van der Waals surface area contributed by atoms with Gasteiger partial charge in [0.1, 0.15) is 12.3 Å². The van der Waals surface area contributed by atoms with Crippen LogP contribution < -0.4 is 9.84 Å². The molecule has 0 fully saturated rings. The summed E-state index contributed by atoms with van der Waals surface area (Å²) in [6.45, 7) is 13.1. The van der Waals surface area contributed by atoms with Crippen molar-refractivity contribution in [2.24, 2.45) is 0 Å². The summed E-state index contributed by atoms with van der Waals surface area (Å²) in [6, 6.07) is 7.47. The van der Waals surface area contributed by atoms with Gasteiger partial charge in [0.2, 0.25) is 0 Å². The van der Waals surface area contributed by atoms with Crippen molar-refractivity contribution in [3.8, 4) is 5.75 Å². The molecular weight excluding hydrogens is 586 g/mol. The number of hydrogen-bond donors (Lipinski definition) is 1. The van der Waals surface area contributed by atoms with E-state index in [4.69, 9.17) is 41.5 Å². The van der Waals surface area contributed by atoms with Gasteiger partial charge in [-0.2, -0.15) is 0 Å². The van der Waals surface area contributed by atoms with Crippen LogP contribution in [-0.2, 0) is 25.0 Å². The minimum Gasteiger partial charge on any atom is -0.444 e. The highest BCUT2D eigenvalue weighted by Gasteiger charge is 2.33. The number of phosphoric acid groups is 1. The predicted octanol–water partition coefficient (Wildman–Crippen LogP) is 8.15. The molecule has 38 heavy (non-hydrogen) atoms. The quantitative estimate of drug-likeness (QED) is 0.128. The maximum absolute atomic E-state index is 13.7. The van der Waals surface area contributed by atoms with Gasteiger partial charge in [0, 0.05) is 32.9 Å². The summed E-state index contributed by atoms with van der Waals surface area (Å²) >= 11 is 12.6. The van der Waals surface area contributed by atoms with Crippen molar-refractivity contribution in [2.75, 3.05) is 18.5 Å². The van der Waals surface area contributed by atoms with Crippen molar-refractivity contribution in [3.05, 3.63) is 51.8 Å². The van der Waals surface area contributed by atoms with Gasteiger partial charge in [-0.3, -0.25) is 24.1 Å². The van der Waals surface area contributed by atoms with E-state index in [-0.39, 0.29) is 52.6 Å². The smallest absolute Gasteiger partial charge is 0.444 e. The molecule has 0 aliphatic rings. The molecule has 0 saturated carbocycles. The lowest BCUT2D eigenvalue weighted by atomic mass is 10.2. The molecule has 1 heterocycles. The Balaban J connectivity index is 2.23. The van der Waals surface area contributed by atoms with E-state index in [1.165, 1.54) is 24.4 Å². The number of pyridine rings is 1. The second kappa shape index (κ2) is 14.1. The molecule has 1 aromatic heterocycles. The van der Waals surface area contributed by atoms with Crippen molar-refractivity contribution < 1.29 is 32.5 Å². The fourth-order valence-electron chi connectivity index (χ4n) is 2.86. The van der Waals surface area contributed by atoms with Gasteiger partial charge in [-0.25, -0.2) is 9.36 Å². The second-order valence-corrected chi connectivity index (χ2v) is 24.6. The maximum atomic E-state index is 13.7. The first-order valence-electron chi connectivity index (χ1n) is 12.0. The summed E-state index contributed by atoms with van der Waals surface area (Å²) in [6.07, 6.45) is 1.08. The molecule has 210 valence electrons. The van der Waals surface area contributed by atoms with Crippen LogP contribution in [0.15, 0.2) is 30.5 Å². The number of anilines is 1. The molecule has 2 aromatic rings. The summed E-state index contributed by atoms with van der Waals surface area (Å²) in [4.78, 5) is 27.4. The zero-order chi connectivity index (χ0) is 28.6. The number of carbonyl (C=O) groups is 2. The molecule has 0 unspecified atom stereocenters. The van der Waals surface area contributed by atoms with E-state index in [9.17, 15) is 14.2 Å². The number of amides is 1. The molecule has 0 atom stereocenters. The van der Waals surface area contributed by atoms with Gasteiger partial charge in [-0.1, -0.05) is 62.5 Å². The van der Waals surface area contributed by atoms with Crippen molar-refractivity contribution in [3.63, 3.8) is 0 Å². The minimum absolute atomic E-state index is 0.0248. The van der Waals surface area contributed by atoms with Crippen molar-refractivity contribution in [1.82, 2.24) is 4.98 Å². The van der Waals surface area contributed by atoms with Gasteiger partial charge in [0.05, 0.1) is 23.9 Å². The molecule has 0 spiro atoms. The molecule has 0 aliphatic heterocycles. The number of carbonyl (C=O) groups excluding carboxylic acids is 2. The normalized spacial score (nSPS) is 12.2. The van der Waals surface area contributed by atoms with Gasteiger partial charge in [-0.05, 0) is 36.4 Å². The Labute approximate surface area is 236 Å². The van der Waals surface area contributed by atoms with Crippen molar-refractivity contribution in [1.29, 1.82) is 0 Å². The summed E-state index contributed by atoms with van der Waals surface area (Å²) in [7, 11) is -7.06. The number of phosphoric ester groups is 1. The third kappa shape index (κ3) is 11.6. The van der Waals surface area contributed by atoms with Crippen LogP contribution in [0.2, 0.25) is 61.4 Å². The van der Waals surface area contributed by atoms with Gasteiger partial charge in [0.25, 0.3) is 0 Å². The zero-order valence-corrected chi connectivity index (χ0v) is 26.9. The fourth-order valence-corrected chi connectivity index (χ4v) is 6.51. The van der Waals surface area contributed by atoms with Crippen LogP contribution in [0.5, 0.6) is 5.75 Å². The van der Waals surface area contributed by atoms with Crippen molar-refractivity contribution in [2.45, 2.75) is 58.0 Å². The van der Waals surface area contributed by atoms with Gasteiger partial charge >= 0.3 is 13.9 Å². The lowest BCUT2D eigenvalue weighted by Crippen LogP contribution is -2.23. The van der Waals surface area contributed by atoms with Crippen LogP contribution in [0.25, 0.3) is 0 Å². The molecule has 0 bridgehead atoms. The Morgan fingerprint density at radius 1 is 1.05 bits per heavy atom. The van der Waals surface area contributed by atoms with Gasteiger partial charge in [-0.15, -0.1) is 0 Å². The molecule has 1 N–H and O–H groups in total. The number of halogens is 2. The lowest BCUT2D eigenvalue weighted by Gasteiger charge is -2.24. The summed E-state index contributed by atoms with van der Waals surface area (Å²) in [5, 5.41) is 2.76. The topological polar surface area (TPSA) is 113 Å². The van der Waals surface area contributed by atoms with Crippen LogP contribution in [0.4, 0.5) is 10.5 Å². The number of nitrogens with one attached hydrogen (secondary N) is 1.